The zero-order chi connectivity index (χ0) is 15.2. The Balaban J connectivity index is 1.68. The van der Waals surface area contributed by atoms with Gasteiger partial charge in [-0.05, 0) is 77.0 Å². The van der Waals surface area contributed by atoms with Crippen molar-refractivity contribution < 1.29 is 0 Å². The smallest absolute Gasteiger partial charge is 0.103 e. The van der Waals surface area contributed by atoms with Gasteiger partial charge in [0.25, 0.3) is 0 Å². The number of nitrogens with zero attached hydrogens (tertiary/aromatic N) is 2. The largest absolute Gasteiger partial charge is 0.303 e. The minimum Gasteiger partial charge on any atom is -0.303 e. The van der Waals surface area contributed by atoms with E-state index in [1.165, 1.54) is 64.6 Å². The fraction of sp³-hybridized carbons (Fsp3) is 0.944. The van der Waals surface area contributed by atoms with Crippen LogP contribution in [-0.2, 0) is 0 Å². The van der Waals surface area contributed by atoms with Gasteiger partial charge in [-0.25, -0.2) is 0 Å². The fourth-order valence-corrected chi connectivity index (χ4v) is 4.28. The molecule has 0 amide bonds. The van der Waals surface area contributed by atoms with Crippen molar-refractivity contribution in [1.29, 1.82) is 5.26 Å². The molecule has 0 aromatic heterocycles. The van der Waals surface area contributed by atoms with E-state index in [1.54, 1.807) is 0 Å². The summed E-state index contributed by atoms with van der Waals surface area (Å²) in [6.07, 6.45) is 12.3. The molecule has 1 atom stereocenters. The molecule has 1 N–H and O–H groups in total. The summed E-state index contributed by atoms with van der Waals surface area (Å²) in [6.45, 7) is 8.71. The van der Waals surface area contributed by atoms with Gasteiger partial charge in [0.05, 0.1) is 6.07 Å². The SMILES string of the molecule is CCNC(C)(C#N)CCCN1CCC2(CCCCC2)CC1. The Bertz CT molecular complexity index is 344. The maximum Gasteiger partial charge on any atom is 0.103 e. The summed E-state index contributed by atoms with van der Waals surface area (Å²) < 4.78 is 0. The van der Waals surface area contributed by atoms with Gasteiger partial charge in [-0.3, -0.25) is 5.32 Å². The van der Waals surface area contributed by atoms with Crippen molar-refractivity contribution >= 4 is 0 Å². The Labute approximate surface area is 131 Å². The number of nitrogens with one attached hydrogen (secondary N) is 1. The molecule has 1 unspecified atom stereocenters. The molecule has 2 fully saturated rings. The van der Waals surface area contributed by atoms with Crippen molar-refractivity contribution in [2.45, 2.75) is 77.2 Å². The number of rotatable bonds is 6. The molecular weight excluding hydrogens is 258 g/mol. The molecule has 1 aliphatic carbocycles. The first-order valence-corrected chi connectivity index (χ1v) is 9.00. The van der Waals surface area contributed by atoms with Crippen LogP contribution in [0.1, 0.15) is 71.6 Å². The zero-order valence-electron chi connectivity index (χ0n) is 14.1. The number of piperidine rings is 1. The molecular formula is C18H33N3. The van der Waals surface area contributed by atoms with Crippen LogP contribution in [0.5, 0.6) is 0 Å². The predicted octanol–water partition coefficient (Wildman–Crippen LogP) is 3.70. The summed E-state index contributed by atoms with van der Waals surface area (Å²) in [7, 11) is 0. The Kier molecular flexibility index (Phi) is 6.08. The molecule has 1 saturated heterocycles. The summed E-state index contributed by atoms with van der Waals surface area (Å²) in [5.74, 6) is 0. The molecule has 0 bridgehead atoms. The molecule has 2 rings (SSSR count). The van der Waals surface area contributed by atoms with E-state index < -0.39 is 0 Å². The number of likely N-dealkylation sites (tertiary alicyclic amines) is 1. The van der Waals surface area contributed by atoms with E-state index in [2.05, 4.69) is 23.2 Å². The second-order valence-corrected chi connectivity index (χ2v) is 7.48. The second-order valence-electron chi connectivity index (χ2n) is 7.48. The Morgan fingerprint density at radius 2 is 1.81 bits per heavy atom. The van der Waals surface area contributed by atoms with Crippen molar-refractivity contribution in [3.63, 3.8) is 0 Å². The van der Waals surface area contributed by atoms with Crippen molar-refractivity contribution in [2.24, 2.45) is 5.41 Å². The van der Waals surface area contributed by atoms with Crippen LogP contribution in [0.3, 0.4) is 0 Å². The maximum absolute atomic E-state index is 9.29. The first-order valence-electron chi connectivity index (χ1n) is 9.00. The number of hydrogen-bond donors (Lipinski definition) is 1. The number of hydrogen-bond acceptors (Lipinski definition) is 3. The normalized spacial score (nSPS) is 25.4. The van der Waals surface area contributed by atoms with Crippen molar-refractivity contribution in [3.8, 4) is 6.07 Å². The Morgan fingerprint density at radius 3 is 2.38 bits per heavy atom. The molecule has 3 nitrogen and oxygen atoms in total. The molecule has 3 heteroatoms. The third-order valence-corrected chi connectivity index (χ3v) is 5.80. The first kappa shape index (κ1) is 16.8. The molecule has 0 radical (unpaired) electrons. The van der Waals surface area contributed by atoms with Gasteiger partial charge in [0, 0.05) is 0 Å². The van der Waals surface area contributed by atoms with Crippen LogP contribution in [0.2, 0.25) is 0 Å². The molecule has 1 spiro atoms. The predicted molar refractivity (Wildman–Crippen MR) is 88.1 cm³/mol. The average molecular weight is 291 g/mol. The van der Waals surface area contributed by atoms with Crippen LogP contribution in [-0.4, -0.2) is 36.6 Å². The highest BCUT2D eigenvalue weighted by Crippen LogP contribution is 2.44. The Morgan fingerprint density at radius 1 is 1.14 bits per heavy atom. The molecule has 1 heterocycles. The lowest BCUT2D eigenvalue weighted by Gasteiger charge is -2.44. The van der Waals surface area contributed by atoms with E-state index >= 15 is 0 Å². The standard InChI is InChI=1S/C18H33N3/c1-3-20-17(2,16-19)8-7-13-21-14-11-18(12-15-21)9-5-4-6-10-18/h20H,3-15H2,1-2H3. The van der Waals surface area contributed by atoms with Crippen LogP contribution in [0.25, 0.3) is 0 Å². The topological polar surface area (TPSA) is 39.1 Å². The molecule has 120 valence electrons. The van der Waals surface area contributed by atoms with E-state index in [0.717, 1.165) is 19.4 Å². The quantitative estimate of drug-likeness (QED) is 0.811. The molecule has 0 aromatic carbocycles. The zero-order valence-corrected chi connectivity index (χ0v) is 14.1. The van der Waals surface area contributed by atoms with Gasteiger partial charge in [-0.2, -0.15) is 5.26 Å². The van der Waals surface area contributed by atoms with Crippen LogP contribution in [0, 0.1) is 16.7 Å². The average Bonchev–Trinajstić information content (AvgIpc) is 2.51. The molecule has 1 saturated carbocycles. The van der Waals surface area contributed by atoms with E-state index in [0.29, 0.717) is 5.41 Å². The lowest BCUT2D eigenvalue weighted by atomic mass is 9.68. The summed E-state index contributed by atoms with van der Waals surface area (Å²) in [5, 5.41) is 12.6. The highest BCUT2D eigenvalue weighted by Gasteiger charge is 2.35. The minimum absolute atomic E-state index is 0.338. The molecule has 0 aromatic rings. The van der Waals surface area contributed by atoms with Crippen molar-refractivity contribution in [2.75, 3.05) is 26.2 Å². The Hall–Kier alpha value is -0.590. The maximum atomic E-state index is 9.29. The first-order chi connectivity index (χ1) is 10.1. The van der Waals surface area contributed by atoms with Gasteiger partial charge < -0.3 is 4.90 Å². The van der Waals surface area contributed by atoms with Gasteiger partial charge in [-0.15, -0.1) is 0 Å². The van der Waals surface area contributed by atoms with Crippen LogP contribution < -0.4 is 5.32 Å². The van der Waals surface area contributed by atoms with Crippen molar-refractivity contribution in [3.05, 3.63) is 0 Å². The third-order valence-electron chi connectivity index (χ3n) is 5.80. The van der Waals surface area contributed by atoms with Crippen molar-refractivity contribution in [1.82, 2.24) is 10.2 Å². The van der Waals surface area contributed by atoms with Gasteiger partial charge in [0.1, 0.15) is 5.54 Å². The highest BCUT2D eigenvalue weighted by atomic mass is 15.1. The fourth-order valence-electron chi connectivity index (χ4n) is 4.28. The summed E-state index contributed by atoms with van der Waals surface area (Å²) in [5.41, 5.74) is 0.370. The van der Waals surface area contributed by atoms with E-state index in [4.69, 9.17) is 0 Å². The summed E-state index contributed by atoms with van der Waals surface area (Å²) in [6, 6.07) is 2.43. The lowest BCUT2D eigenvalue weighted by Crippen LogP contribution is -2.43. The van der Waals surface area contributed by atoms with E-state index in [9.17, 15) is 5.26 Å². The third kappa shape index (κ3) is 4.69. The lowest BCUT2D eigenvalue weighted by molar-refractivity contribution is 0.0663. The van der Waals surface area contributed by atoms with E-state index in [1.807, 2.05) is 6.92 Å². The molecule has 21 heavy (non-hydrogen) atoms. The van der Waals surface area contributed by atoms with Gasteiger partial charge in [0.15, 0.2) is 0 Å². The second kappa shape index (κ2) is 7.61. The molecule has 1 aliphatic heterocycles. The minimum atomic E-state index is -0.338. The van der Waals surface area contributed by atoms with Crippen LogP contribution >= 0.6 is 0 Å². The summed E-state index contributed by atoms with van der Waals surface area (Å²) in [4.78, 5) is 2.63. The number of nitriles is 1. The monoisotopic (exact) mass is 291 g/mol. The van der Waals surface area contributed by atoms with Gasteiger partial charge >= 0.3 is 0 Å². The van der Waals surface area contributed by atoms with E-state index in [-0.39, 0.29) is 5.54 Å². The van der Waals surface area contributed by atoms with Crippen LogP contribution in [0.4, 0.5) is 0 Å². The highest BCUT2D eigenvalue weighted by molar-refractivity contribution is 5.03. The summed E-state index contributed by atoms with van der Waals surface area (Å²) >= 11 is 0. The van der Waals surface area contributed by atoms with Gasteiger partial charge in [0.2, 0.25) is 0 Å². The van der Waals surface area contributed by atoms with Crippen LogP contribution in [0.15, 0.2) is 0 Å². The molecule has 2 aliphatic rings. The van der Waals surface area contributed by atoms with Gasteiger partial charge in [-0.1, -0.05) is 26.2 Å².